The van der Waals surface area contributed by atoms with Crippen molar-refractivity contribution >= 4 is 0 Å². The average Bonchev–Trinajstić information content (AvgIpc) is 2.37. The summed E-state index contributed by atoms with van der Waals surface area (Å²) in [6.45, 7) is 6.67. The molecule has 1 heteroatoms. The highest BCUT2D eigenvalue weighted by Gasteiger charge is 1.95. The Kier molecular flexibility index (Phi) is 7.20. The lowest BCUT2D eigenvalue weighted by molar-refractivity contribution is 0.317. The van der Waals surface area contributed by atoms with E-state index in [0.29, 0.717) is 0 Å². The van der Waals surface area contributed by atoms with Crippen molar-refractivity contribution in [3.8, 4) is 5.75 Å². The molecule has 1 nitrogen and oxygen atoms in total. The van der Waals surface area contributed by atoms with Crippen LogP contribution in [0.2, 0.25) is 0 Å². The highest BCUT2D eigenvalue weighted by atomic mass is 16.5. The number of ether oxygens (including phenoxy) is 1. The van der Waals surface area contributed by atoms with Crippen LogP contribution in [-0.2, 0) is 6.42 Å². The Balaban J connectivity index is 2.23. The van der Waals surface area contributed by atoms with E-state index in [1.807, 2.05) is 6.08 Å². The molecular weight excluding hydrogens is 208 g/mol. The monoisotopic (exact) mass is 232 g/mol. The minimum absolute atomic E-state index is 0.806. The molecule has 94 valence electrons. The molecule has 0 atom stereocenters. The maximum atomic E-state index is 5.56. The number of aryl methyl sites for hydroxylation is 1. The zero-order valence-corrected chi connectivity index (χ0v) is 11.0. The van der Waals surface area contributed by atoms with Gasteiger partial charge in [-0.25, -0.2) is 0 Å². The molecule has 0 saturated heterocycles. The van der Waals surface area contributed by atoms with Crippen molar-refractivity contribution in [1.82, 2.24) is 0 Å². The minimum Gasteiger partial charge on any atom is -0.494 e. The van der Waals surface area contributed by atoms with E-state index in [-0.39, 0.29) is 0 Å². The molecule has 1 rings (SSSR count). The lowest BCUT2D eigenvalue weighted by atomic mass is 10.1. The topological polar surface area (TPSA) is 9.23 Å². The van der Waals surface area contributed by atoms with Crippen LogP contribution in [0.15, 0.2) is 36.9 Å². The summed E-state index contributed by atoms with van der Waals surface area (Å²) in [6, 6.07) is 8.51. The molecule has 1 aromatic carbocycles. The Morgan fingerprint density at radius 2 is 1.88 bits per heavy atom. The van der Waals surface area contributed by atoms with Crippen LogP contribution < -0.4 is 4.74 Å². The second kappa shape index (κ2) is 8.86. The number of unbranched alkanes of at least 4 members (excludes halogenated alkanes) is 3. The van der Waals surface area contributed by atoms with E-state index in [0.717, 1.165) is 25.2 Å². The number of hydrogen-bond donors (Lipinski definition) is 0. The van der Waals surface area contributed by atoms with Gasteiger partial charge in [0.1, 0.15) is 5.75 Å². The molecule has 0 saturated carbocycles. The summed E-state index contributed by atoms with van der Waals surface area (Å²) in [5.74, 6) is 0.988. The van der Waals surface area contributed by atoms with E-state index >= 15 is 0 Å². The van der Waals surface area contributed by atoms with Gasteiger partial charge < -0.3 is 4.74 Å². The second-order valence-electron chi connectivity index (χ2n) is 4.38. The van der Waals surface area contributed by atoms with Crippen LogP contribution in [0, 0.1) is 0 Å². The van der Waals surface area contributed by atoms with E-state index in [2.05, 4.69) is 37.8 Å². The van der Waals surface area contributed by atoms with Gasteiger partial charge in [0.2, 0.25) is 0 Å². The van der Waals surface area contributed by atoms with Gasteiger partial charge in [-0.05, 0) is 49.8 Å². The first kappa shape index (κ1) is 13.8. The molecule has 0 aliphatic rings. The van der Waals surface area contributed by atoms with Crippen LogP contribution in [-0.4, -0.2) is 6.61 Å². The van der Waals surface area contributed by atoms with E-state index in [1.165, 1.54) is 31.2 Å². The molecular formula is C16H24O. The highest BCUT2D eigenvalue weighted by Crippen LogP contribution is 2.14. The zero-order chi connectivity index (χ0) is 12.3. The SMILES string of the molecule is C=CCCCCCc1ccc(OCCC)cc1. The summed E-state index contributed by atoms with van der Waals surface area (Å²) in [7, 11) is 0. The molecule has 1 aromatic rings. The Morgan fingerprint density at radius 1 is 1.12 bits per heavy atom. The predicted molar refractivity (Wildman–Crippen MR) is 74.6 cm³/mol. The fourth-order valence-corrected chi connectivity index (χ4v) is 1.77. The molecule has 0 aromatic heterocycles. The highest BCUT2D eigenvalue weighted by molar-refractivity contribution is 5.27. The molecule has 0 N–H and O–H groups in total. The van der Waals surface area contributed by atoms with Crippen LogP contribution in [0.1, 0.15) is 44.6 Å². The normalized spacial score (nSPS) is 10.2. The number of allylic oxidation sites excluding steroid dienone is 1. The first-order valence-electron chi connectivity index (χ1n) is 6.69. The van der Waals surface area contributed by atoms with E-state index in [9.17, 15) is 0 Å². The van der Waals surface area contributed by atoms with Crippen molar-refractivity contribution in [3.05, 3.63) is 42.5 Å². The van der Waals surface area contributed by atoms with Crippen molar-refractivity contribution < 1.29 is 4.74 Å². The van der Waals surface area contributed by atoms with Crippen LogP contribution in [0.5, 0.6) is 5.75 Å². The Labute approximate surface area is 106 Å². The maximum absolute atomic E-state index is 5.56. The molecule has 17 heavy (non-hydrogen) atoms. The fraction of sp³-hybridized carbons (Fsp3) is 0.500. The van der Waals surface area contributed by atoms with Crippen molar-refractivity contribution in [2.24, 2.45) is 0 Å². The number of hydrogen-bond acceptors (Lipinski definition) is 1. The third-order valence-electron chi connectivity index (χ3n) is 2.77. The Hall–Kier alpha value is -1.24. The summed E-state index contributed by atoms with van der Waals surface area (Å²) in [5.41, 5.74) is 1.41. The minimum atomic E-state index is 0.806. The average molecular weight is 232 g/mol. The summed E-state index contributed by atoms with van der Waals surface area (Å²) in [5, 5.41) is 0. The van der Waals surface area contributed by atoms with Crippen molar-refractivity contribution in [1.29, 1.82) is 0 Å². The second-order valence-corrected chi connectivity index (χ2v) is 4.38. The van der Waals surface area contributed by atoms with E-state index in [4.69, 9.17) is 4.74 Å². The lowest BCUT2D eigenvalue weighted by Crippen LogP contribution is -1.95. The summed E-state index contributed by atoms with van der Waals surface area (Å²) in [4.78, 5) is 0. The molecule has 0 radical (unpaired) electrons. The van der Waals surface area contributed by atoms with Crippen LogP contribution in [0.25, 0.3) is 0 Å². The molecule has 0 fully saturated rings. The van der Waals surface area contributed by atoms with Gasteiger partial charge in [0.15, 0.2) is 0 Å². The summed E-state index contributed by atoms with van der Waals surface area (Å²) >= 11 is 0. The first-order chi connectivity index (χ1) is 8.36. The van der Waals surface area contributed by atoms with Gasteiger partial charge in [-0.3, -0.25) is 0 Å². The van der Waals surface area contributed by atoms with Gasteiger partial charge in [-0.2, -0.15) is 0 Å². The van der Waals surface area contributed by atoms with E-state index < -0.39 is 0 Å². The smallest absolute Gasteiger partial charge is 0.119 e. The van der Waals surface area contributed by atoms with Crippen LogP contribution >= 0.6 is 0 Å². The quantitative estimate of drug-likeness (QED) is 0.440. The van der Waals surface area contributed by atoms with Gasteiger partial charge in [-0.1, -0.05) is 31.6 Å². The Morgan fingerprint density at radius 3 is 2.53 bits per heavy atom. The first-order valence-corrected chi connectivity index (χ1v) is 6.69. The fourth-order valence-electron chi connectivity index (χ4n) is 1.77. The van der Waals surface area contributed by atoms with Gasteiger partial charge in [0.25, 0.3) is 0 Å². The van der Waals surface area contributed by atoms with Crippen molar-refractivity contribution in [3.63, 3.8) is 0 Å². The van der Waals surface area contributed by atoms with Gasteiger partial charge in [0, 0.05) is 0 Å². The molecule has 0 aliphatic heterocycles. The molecule has 0 heterocycles. The predicted octanol–water partition coefficient (Wildman–Crippen LogP) is 4.76. The molecule has 0 bridgehead atoms. The van der Waals surface area contributed by atoms with Gasteiger partial charge in [0.05, 0.1) is 6.61 Å². The third kappa shape index (κ3) is 6.15. The third-order valence-corrected chi connectivity index (χ3v) is 2.77. The van der Waals surface area contributed by atoms with E-state index in [1.54, 1.807) is 0 Å². The summed E-state index contributed by atoms with van der Waals surface area (Å²) in [6.07, 6.45) is 9.20. The van der Waals surface area contributed by atoms with Crippen molar-refractivity contribution in [2.45, 2.75) is 45.4 Å². The van der Waals surface area contributed by atoms with Crippen LogP contribution in [0.4, 0.5) is 0 Å². The molecule has 0 aliphatic carbocycles. The maximum Gasteiger partial charge on any atom is 0.119 e. The van der Waals surface area contributed by atoms with Gasteiger partial charge in [-0.15, -0.1) is 6.58 Å². The number of benzene rings is 1. The molecule has 0 spiro atoms. The molecule has 0 unspecified atom stereocenters. The van der Waals surface area contributed by atoms with Gasteiger partial charge >= 0.3 is 0 Å². The zero-order valence-electron chi connectivity index (χ0n) is 11.0. The van der Waals surface area contributed by atoms with Crippen LogP contribution in [0.3, 0.4) is 0 Å². The Bertz CT molecular complexity index is 300. The standard InChI is InChI=1S/C16H24O/c1-3-5-6-7-8-9-15-10-12-16(13-11-15)17-14-4-2/h3,10-13H,1,4-9,14H2,2H3. The summed E-state index contributed by atoms with van der Waals surface area (Å²) < 4.78 is 5.56. The number of rotatable bonds is 9. The molecule has 0 amide bonds. The largest absolute Gasteiger partial charge is 0.494 e. The lowest BCUT2D eigenvalue weighted by Gasteiger charge is -2.06. The van der Waals surface area contributed by atoms with Crippen molar-refractivity contribution in [2.75, 3.05) is 6.61 Å².